The lowest BCUT2D eigenvalue weighted by Gasteiger charge is -2.44. The van der Waals surface area contributed by atoms with Crippen LogP contribution in [0.1, 0.15) is 39.0 Å². The van der Waals surface area contributed by atoms with E-state index in [1.54, 1.807) is 7.11 Å². The molecule has 2 N–H and O–H groups in total. The third-order valence-corrected chi connectivity index (χ3v) is 5.18. The van der Waals surface area contributed by atoms with Crippen LogP contribution in [0.25, 0.3) is 0 Å². The number of rotatable bonds is 4. The molecule has 0 aromatic heterocycles. The molecule has 0 aromatic carbocycles. The number of hydrogen-bond donors (Lipinski definition) is 1. The van der Waals surface area contributed by atoms with Crippen molar-refractivity contribution in [2.24, 2.45) is 23.5 Å². The molecule has 2 aliphatic carbocycles. The highest BCUT2D eigenvalue weighted by atomic mass is 35.5. The molecule has 2 aliphatic rings. The third-order valence-electron chi connectivity index (χ3n) is 5.18. The summed E-state index contributed by atoms with van der Waals surface area (Å²) in [4.78, 5) is 14.4. The molecular weight excluding hydrogens is 276 g/mol. The first-order valence-electron chi connectivity index (χ1n) is 7.55. The number of likely N-dealkylation sites (N-methyl/N-ethyl adjacent to an activating group) is 1. The van der Waals surface area contributed by atoms with Crippen LogP contribution in [0.3, 0.4) is 0 Å². The highest BCUT2D eigenvalue weighted by molar-refractivity contribution is 5.85. The minimum Gasteiger partial charge on any atom is -0.383 e. The Kier molecular flexibility index (Phi) is 6.76. The molecular formula is C15H29ClN2O2. The van der Waals surface area contributed by atoms with Gasteiger partial charge in [0.05, 0.1) is 12.6 Å². The first kappa shape index (κ1) is 17.7. The Balaban J connectivity index is 0.00000200. The molecule has 2 rings (SSSR count). The Morgan fingerprint density at radius 1 is 1.35 bits per heavy atom. The monoisotopic (exact) mass is 304 g/mol. The van der Waals surface area contributed by atoms with Gasteiger partial charge in [-0.2, -0.15) is 0 Å². The molecule has 0 aliphatic heterocycles. The van der Waals surface area contributed by atoms with Crippen LogP contribution in [-0.2, 0) is 9.53 Å². The Morgan fingerprint density at radius 3 is 2.40 bits per heavy atom. The number of carbonyl (C=O) groups is 1. The number of hydrogen-bond acceptors (Lipinski definition) is 3. The van der Waals surface area contributed by atoms with E-state index < -0.39 is 0 Å². The van der Waals surface area contributed by atoms with Gasteiger partial charge in [-0.15, -0.1) is 12.4 Å². The van der Waals surface area contributed by atoms with E-state index in [9.17, 15) is 4.79 Å². The number of halogens is 1. The lowest BCUT2D eigenvalue weighted by atomic mass is 9.65. The van der Waals surface area contributed by atoms with Crippen molar-refractivity contribution in [2.75, 3.05) is 20.8 Å². The zero-order valence-electron chi connectivity index (χ0n) is 12.9. The third kappa shape index (κ3) is 3.66. The normalized spacial score (nSPS) is 34.0. The van der Waals surface area contributed by atoms with Crippen LogP contribution < -0.4 is 5.73 Å². The molecule has 0 saturated heterocycles. The van der Waals surface area contributed by atoms with Crippen LogP contribution in [-0.4, -0.2) is 43.7 Å². The fourth-order valence-electron chi connectivity index (χ4n) is 3.85. The second-order valence-electron chi connectivity index (χ2n) is 6.45. The van der Waals surface area contributed by atoms with Gasteiger partial charge in [0.1, 0.15) is 0 Å². The first-order valence-corrected chi connectivity index (χ1v) is 7.55. The molecule has 2 fully saturated rings. The highest BCUT2D eigenvalue weighted by Gasteiger charge is 2.41. The van der Waals surface area contributed by atoms with Crippen LogP contribution in [0.4, 0.5) is 0 Å². The van der Waals surface area contributed by atoms with Crippen LogP contribution in [0.15, 0.2) is 0 Å². The Hall–Kier alpha value is -0.320. The van der Waals surface area contributed by atoms with E-state index in [0.717, 1.165) is 12.8 Å². The summed E-state index contributed by atoms with van der Waals surface area (Å²) >= 11 is 0. The molecule has 0 heterocycles. The lowest BCUT2D eigenvalue weighted by molar-refractivity contribution is -0.140. The van der Waals surface area contributed by atoms with Gasteiger partial charge in [-0.25, -0.2) is 0 Å². The zero-order chi connectivity index (χ0) is 14.0. The molecule has 4 nitrogen and oxygen atoms in total. The van der Waals surface area contributed by atoms with Gasteiger partial charge < -0.3 is 15.4 Å². The molecule has 118 valence electrons. The van der Waals surface area contributed by atoms with Gasteiger partial charge in [-0.1, -0.05) is 6.42 Å². The Bertz CT molecular complexity index is 313. The number of nitrogens with two attached hydrogens (primary N) is 1. The Morgan fingerprint density at radius 2 is 1.90 bits per heavy atom. The Labute approximate surface area is 128 Å². The summed E-state index contributed by atoms with van der Waals surface area (Å²) in [7, 11) is 3.58. The van der Waals surface area contributed by atoms with Crippen LogP contribution in [0, 0.1) is 17.8 Å². The minimum atomic E-state index is 0. The predicted octanol–water partition coefficient (Wildman–Crippen LogP) is 2.06. The summed E-state index contributed by atoms with van der Waals surface area (Å²) in [6.07, 6.45) is 5.68. The number of carbonyl (C=O) groups excluding carboxylic acids is 1. The summed E-state index contributed by atoms with van der Waals surface area (Å²) in [5, 5.41) is 0. The summed E-state index contributed by atoms with van der Waals surface area (Å²) in [5.74, 6) is 1.59. The van der Waals surface area contributed by atoms with Gasteiger partial charge in [0.15, 0.2) is 0 Å². The molecule has 1 amide bonds. The second kappa shape index (κ2) is 7.62. The maximum Gasteiger partial charge on any atom is 0.225 e. The quantitative estimate of drug-likeness (QED) is 0.865. The molecule has 5 heteroatoms. The fourth-order valence-corrected chi connectivity index (χ4v) is 3.85. The van der Waals surface area contributed by atoms with Crippen LogP contribution in [0.2, 0.25) is 0 Å². The van der Waals surface area contributed by atoms with Gasteiger partial charge in [0.25, 0.3) is 0 Å². The van der Waals surface area contributed by atoms with Crippen molar-refractivity contribution in [2.45, 2.75) is 51.1 Å². The van der Waals surface area contributed by atoms with E-state index in [0.29, 0.717) is 24.5 Å². The van der Waals surface area contributed by atoms with E-state index in [-0.39, 0.29) is 30.3 Å². The molecule has 3 unspecified atom stereocenters. The van der Waals surface area contributed by atoms with E-state index in [1.165, 1.54) is 19.3 Å². The van der Waals surface area contributed by atoms with Gasteiger partial charge in [-0.05, 0) is 44.4 Å². The lowest BCUT2D eigenvalue weighted by Crippen LogP contribution is -2.50. The summed E-state index contributed by atoms with van der Waals surface area (Å²) in [5.41, 5.74) is 6.29. The summed E-state index contributed by atoms with van der Waals surface area (Å²) < 4.78 is 5.14. The SMILES string of the molecule is COCC(C)N(C)C(=O)C1CC2CCCC(C1)C2N.Cl. The average Bonchev–Trinajstić information content (AvgIpc) is 2.37. The van der Waals surface area contributed by atoms with Gasteiger partial charge in [0, 0.05) is 26.1 Å². The largest absolute Gasteiger partial charge is 0.383 e. The van der Waals surface area contributed by atoms with Crippen LogP contribution >= 0.6 is 12.4 Å². The number of fused-ring (bicyclic) bond motifs is 2. The van der Waals surface area contributed by atoms with Crippen molar-refractivity contribution in [3.05, 3.63) is 0 Å². The van der Waals surface area contributed by atoms with Crippen molar-refractivity contribution in [3.63, 3.8) is 0 Å². The smallest absolute Gasteiger partial charge is 0.225 e. The van der Waals surface area contributed by atoms with Crippen molar-refractivity contribution >= 4 is 18.3 Å². The van der Waals surface area contributed by atoms with E-state index >= 15 is 0 Å². The summed E-state index contributed by atoms with van der Waals surface area (Å²) in [6, 6.07) is 0.479. The number of nitrogens with zero attached hydrogens (tertiary/aromatic N) is 1. The number of methoxy groups -OCH3 is 1. The van der Waals surface area contributed by atoms with Crippen LogP contribution in [0.5, 0.6) is 0 Å². The fraction of sp³-hybridized carbons (Fsp3) is 0.933. The van der Waals surface area contributed by atoms with E-state index in [1.807, 2.05) is 18.9 Å². The standard InChI is InChI=1S/C15H28N2O2.ClH/c1-10(9-19-3)17(2)15(18)13-7-11-5-4-6-12(8-13)14(11)16;/h10-14H,4-9,16H2,1-3H3;1H. The van der Waals surface area contributed by atoms with Crippen molar-refractivity contribution in [3.8, 4) is 0 Å². The highest BCUT2D eigenvalue weighted by Crippen LogP contribution is 2.42. The van der Waals surface area contributed by atoms with Crippen molar-refractivity contribution in [1.29, 1.82) is 0 Å². The predicted molar refractivity (Wildman–Crippen MR) is 82.9 cm³/mol. The van der Waals surface area contributed by atoms with E-state index in [2.05, 4.69) is 0 Å². The summed E-state index contributed by atoms with van der Waals surface area (Å²) in [6.45, 7) is 2.64. The molecule has 3 atom stereocenters. The topological polar surface area (TPSA) is 55.6 Å². The maximum absolute atomic E-state index is 12.6. The number of ether oxygens (including phenoxy) is 1. The molecule has 0 radical (unpaired) electrons. The zero-order valence-corrected chi connectivity index (χ0v) is 13.7. The molecule has 0 aromatic rings. The maximum atomic E-state index is 12.6. The second-order valence-corrected chi connectivity index (χ2v) is 6.45. The minimum absolute atomic E-state index is 0. The molecule has 20 heavy (non-hydrogen) atoms. The molecule has 2 bridgehead atoms. The van der Waals surface area contributed by atoms with Crippen molar-refractivity contribution in [1.82, 2.24) is 4.90 Å². The van der Waals surface area contributed by atoms with Gasteiger partial charge >= 0.3 is 0 Å². The van der Waals surface area contributed by atoms with Gasteiger partial charge in [-0.3, -0.25) is 4.79 Å². The van der Waals surface area contributed by atoms with Gasteiger partial charge in [0.2, 0.25) is 5.91 Å². The first-order chi connectivity index (χ1) is 9.04. The van der Waals surface area contributed by atoms with Crippen molar-refractivity contribution < 1.29 is 9.53 Å². The number of amides is 1. The average molecular weight is 305 g/mol. The molecule has 2 saturated carbocycles. The molecule has 0 spiro atoms. The van der Waals surface area contributed by atoms with E-state index in [4.69, 9.17) is 10.5 Å².